The first-order chi connectivity index (χ1) is 32.0. The number of nitrogens with two attached hydrogens (primary N) is 1. The van der Waals surface area contributed by atoms with E-state index < -0.39 is 47.6 Å². The molecule has 6 aromatic carbocycles. The van der Waals surface area contributed by atoms with E-state index in [1.807, 2.05) is 133 Å². The maximum Gasteiger partial charge on any atom is 0.126 e. The molecule has 0 saturated heterocycles. The second-order valence-electron chi connectivity index (χ2n) is 16.5. The van der Waals surface area contributed by atoms with E-state index in [1.165, 1.54) is 24.3 Å². The van der Waals surface area contributed by atoms with Crippen LogP contribution in [0.4, 0.5) is 17.6 Å². The molecule has 8 aromatic rings. The zero-order valence-corrected chi connectivity index (χ0v) is 36.4. The zero-order valence-electron chi connectivity index (χ0n) is 36.4. The number of rotatable bonds is 17. The number of nitrogens with zero attached hydrogens (tertiary/aromatic N) is 3. The molecule has 66 heavy (non-hydrogen) atoms. The van der Waals surface area contributed by atoms with E-state index in [2.05, 4.69) is 27.0 Å². The molecule has 2 aromatic heterocycles. The highest BCUT2D eigenvalue weighted by atomic mass is 19.1. The summed E-state index contributed by atoms with van der Waals surface area (Å²) in [7, 11) is 0. The lowest BCUT2D eigenvalue weighted by atomic mass is 9.94. The summed E-state index contributed by atoms with van der Waals surface area (Å²) in [6.07, 6.45) is 3.11. The van der Waals surface area contributed by atoms with Crippen LogP contribution in [0.1, 0.15) is 68.1 Å². The molecule has 0 fully saturated rings. The molecule has 0 aliphatic rings. The smallest absolute Gasteiger partial charge is 0.126 e. The minimum absolute atomic E-state index is 0.139. The lowest BCUT2D eigenvalue weighted by molar-refractivity contribution is 0.0355. The van der Waals surface area contributed by atoms with Gasteiger partial charge in [-0.2, -0.15) is 0 Å². The van der Waals surface area contributed by atoms with E-state index in [9.17, 15) is 27.8 Å². The largest absolute Gasteiger partial charge is 0.385 e. The van der Waals surface area contributed by atoms with Gasteiger partial charge in [0.15, 0.2) is 0 Å². The Morgan fingerprint density at radius 3 is 1.18 bits per heavy atom. The normalized spacial score (nSPS) is 13.0. The standard InChI is InChI=1S/C35H32F2N2O.C21H20F2N2O/c36-31-19-30(20-32(37)23-31)22-34(35(40)33-21-29(16-17-38-33)18-26-10-4-1-5-11-26)39(24-27-12-6-2-7-13-27)25-28-14-8-3-9-15-28;22-17-9-16(10-18(23)13-17)11-19(24)21(26)20-12-15(6-7-25-20)8-14-4-2-1-3-5-14/h1-17,19-21,23,34-35,40H,18,22,24-25H2;1-7,9-10,12-13,19,21,26H,8,11,24H2/t34-,35+;19-,21-/m00/s1. The average Bonchev–Trinajstić information content (AvgIpc) is 3.31. The molecule has 0 unspecified atom stereocenters. The average molecular weight is 889 g/mol. The minimum Gasteiger partial charge on any atom is -0.385 e. The Balaban J connectivity index is 0.000000215. The highest BCUT2D eigenvalue weighted by molar-refractivity contribution is 5.30. The summed E-state index contributed by atoms with van der Waals surface area (Å²) in [6.45, 7) is 1.08. The monoisotopic (exact) mass is 888 g/mol. The summed E-state index contributed by atoms with van der Waals surface area (Å²) >= 11 is 0. The topological polar surface area (TPSA) is 95.5 Å². The number of aromatic nitrogens is 2. The molecule has 336 valence electrons. The molecule has 0 amide bonds. The molecule has 0 spiro atoms. The summed E-state index contributed by atoms with van der Waals surface area (Å²) in [5, 5.41) is 22.4. The Bertz CT molecular complexity index is 2650. The molecular weight excluding hydrogens is 837 g/mol. The number of aliphatic hydroxyl groups excluding tert-OH is 2. The first kappa shape index (κ1) is 47.2. The van der Waals surface area contributed by atoms with Gasteiger partial charge in [0, 0.05) is 49.7 Å². The summed E-state index contributed by atoms with van der Waals surface area (Å²) in [4.78, 5) is 10.9. The molecule has 10 heteroatoms. The molecule has 4 N–H and O–H groups in total. The van der Waals surface area contributed by atoms with Crippen LogP contribution in [-0.2, 0) is 38.8 Å². The molecule has 8 rings (SSSR count). The van der Waals surface area contributed by atoms with Gasteiger partial charge in [-0.15, -0.1) is 0 Å². The van der Waals surface area contributed by atoms with Crippen LogP contribution in [0.3, 0.4) is 0 Å². The zero-order chi connectivity index (χ0) is 46.3. The molecule has 2 heterocycles. The van der Waals surface area contributed by atoms with E-state index in [4.69, 9.17) is 5.73 Å². The van der Waals surface area contributed by atoms with E-state index >= 15 is 0 Å². The maximum absolute atomic E-state index is 14.2. The van der Waals surface area contributed by atoms with Crippen LogP contribution < -0.4 is 5.73 Å². The van der Waals surface area contributed by atoms with Crippen molar-refractivity contribution in [1.29, 1.82) is 0 Å². The van der Waals surface area contributed by atoms with Crippen LogP contribution >= 0.6 is 0 Å². The molecule has 0 aliphatic carbocycles. The number of benzene rings is 6. The quantitative estimate of drug-likeness (QED) is 0.0789. The van der Waals surface area contributed by atoms with E-state index in [0.717, 1.165) is 45.5 Å². The molecular formula is C56H52F4N4O2. The van der Waals surface area contributed by atoms with Crippen molar-refractivity contribution in [3.05, 3.63) is 274 Å². The van der Waals surface area contributed by atoms with Gasteiger partial charge in [0.2, 0.25) is 0 Å². The number of aliphatic hydroxyl groups is 2. The van der Waals surface area contributed by atoms with Gasteiger partial charge in [-0.3, -0.25) is 14.9 Å². The van der Waals surface area contributed by atoms with E-state index in [-0.39, 0.29) is 12.8 Å². The Kier molecular flexibility index (Phi) is 16.7. The van der Waals surface area contributed by atoms with Gasteiger partial charge in [-0.25, -0.2) is 17.6 Å². The fraction of sp³-hybridized carbons (Fsp3) is 0.179. The Hall–Kier alpha value is -6.82. The summed E-state index contributed by atoms with van der Waals surface area (Å²) < 4.78 is 55.1. The van der Waals surface area contributed by atoms with Crippen molar-refractivity contribution >= 4 is 0 Å². The number of pyridine rings is 2. The third-order valence-corrected chi connectivity index (χ3v) is 11.3. The Labute approximate surface area is 383 Å². The van der Waals surface area contributed by atoms with E-state index in [0.29, 0.717) is 48.4 Å². The highest BCUT2D eigenvalue weighted by Crippen LogP contribution is 2.28. The predicted octanol–water partition coefficient (Wildman–Crippen LogP) is 10.9. The summed E-state index contributed by atoms with van der Waals surface area (Å²) in [5.74, 6) is -2.60. The van der Waals surface area contributed by atoms with Crippen molar-refractivity contribution in [2.24, 2.45) is 5.73 Å². The third kappa shape index (κ3) is 14.1. The summed E-state index contributed by atoms with van der Waals surface area (Å²) in [6, 6.07) is 53.3. The Morgan fingerprint density at radius 1 is 0.409 bits per heavy atom. The Morgan fingerprint density at radius 2 is 0.773 bits per heavy atom. The van der Waals surface area contributed by atoms with Crippen molar-refractivity contribution in [2.45, 2.75) is 63.1 Å². The van der Waals surface area contributed by atoms with Gasteiger partial charge < -0.3 is 15.9 Å². The van der Waals surface area contributed by atoms with Crippen LogP contribution in [-0.4, -0.2) is 37.2 Å². The van der Waals surface area contributed by atoms with Crippen molar-refractivity contribution in [1.82, 2.24) is 14.9 Å². The number of hydrogen-bond donors (Lipinski definition) is 3. The minimum atomic E-state index is -1.03. The second-order valence-corrected chi connectivity index (χ2v) is 16.5. The van der Waals surface area contributed by atoms with Crippen LogP contribution in [0.5, 0.6) is 0 Å². The molecule has 0 radical (unpaired) electrons. The third-order valence-electron chi connectivity index (χ3n) is 11.3. The van der Waals surface area contributed by atoms with Crippen molar-refractivity contribution in [3.8, 4) is 0 Å². The molecule has 0 aliphatic heterocycles. The van der Waals surface area contributed by atoms with Crippen LogP contribution in [0.2, 0.25) is 0 Å². The predicted molar refractivity (Wildman–Crippen MR) is 251 cm³/mol. The number of halogens is 4. The first-order valence-electron chi connectivity index (χ1n) is 21.9. The van der Waals surface area contributed by atoms with E-state index in [1.54, 1.807) is 12.4 Å². The highest BCUT2D eigenvalue weighted by Gasteiger charge is 2.30. The summed E-state index contributed by atoms with van der Waals surface area (Å²) in [5.41, 5.74) is 14.4. The number of hydrogen-bond acceptors (Lipinski definition) is 6. The molecule has 6 nitrogen and oxygen atoms in total. The lowest BCUT2D eigenvalue weighted by Gasteiger charge is -2.35. The maximum atomic E-state index is 14.2. The fourth-order valence-electron chi connectivity index (χ4n) is 8.06. The fourth-order valence-corrected chi connectivity index (χ4v) is 8.06. The molecule has 4 atom stereocenters. The van der Waals surface area contributed by atoms with Gasteiger partial charge in [-0.1, -0.05) is 121 Å². The SMILES string of the molecule is N[C@@H](Cc1cc(F)cc(F)c1)[C@H](O)c1cc(Cc2ccccc2)ccn1.O[C@H](c1cc(Cc2ccccc2)ccn1)[C@H](Cc1cc(F)cc(F)c1)N(Cc1ccccc1)Cc1ccccc1. The van der Waals surface area contributed by atoms with Crippen molar-refractivity contribution in [3.63, 3.8) is 0 Å². The van der Waals surface area contributed by atoms with Gasteiger partial charge in [-0.05, 0) is 119 Å². The van der Waals surface area contributed by atoms with Gasteiger partial charge >= 0.3 is 0 Å². The first-order valence-corrected chi connectivity index (χ1v) is 21.9. The van der Waals surface area contributed by atoms with Gasteiger partial charge in [0.05, 0.1) is 11.4 Å². The van der Waals surface area contributed by atoms with Crippen LogP contribution in [0.25, 0.3) is 0 Å². The van der Waals surface area contributed by atoms with Crippen LogP contribution in [0, 0.1) is 23.3 Å². The van der Waals surface area contributed by atoms with Gasteiger partial charge in [0.25, 0.3) is 0 Å². The van der Waals surface area contributed by atoms with Crippen molar-refractivity contribution in [2.75, 3.05) is 0 Å². The molecule has 0 bridgehead atoms. The lowest BCUT2D eigenvalue weighted by Crippen LogP contribution is -2.41. The van der Waals surface area contributed by atoms with Crippen molar-refractivity contribution < 1.29 is 27.8 Å². The van der Waals surface area contributed by atoms with Gasteiger partial charge in [0.1, 0.15) is 35.5 Å². The molecule has 0 saturated carbocycles. The van der Waals surface area contributed by atoms with Crippen LogP contribution in [0.15, 0.2) is 194 Å². The second kappa shape index (κ2) is 23.4.